The van der Waals surface area contributed by atoms with Crippen LogP contribution in [0.5, 0.6) is 0 Å². The van der Waals surface area contributed by atoms with Gasteiger partial charge in [-0.2, -0.15) is 0 Å². The van der Waals surface area contributed by atoms with E-state index in [1.54, 1.807) is 0 Å². The number of halogens is 1. The number of hydrogen-bond donors (Lipinski definition) is 2. The van der Waals surface area contributed by atoms with E-state index in [-0.39, 0.29) is 18.6 Å². The molecule has 0 saturated carbocycles. The molecule has 0 aliphatic carbocycles. The van der Waals surface area contributed by atoms with Crippen LogP contribution < -0.4 is 10.6 Å². The quantitative estimate of drug-likeness (QED) is 0.905. The standard InChI is InChI=1S/C15H16N2S.ClH/c1-2-5-12(6-3-1)11-14-13(7-10-18-14)15-16-8-4-9-17-15;/h1-8,10,15-17H,9,11H2;1H. The van der Waals surface area contributed by atoms with Crippen molar-refractivity contribution in [2.45, 2.75) is 12.6 Å². The highest BCUT2D eigenvalue weighted by Gasteiger charge is 2.15. The van der Waals surface area contributed by atoms with Gasteiger partial charge >= 0.3 is 0 Å². The van der Waals surface area contributed by atoms with Crippen molar-refractivity contribution < 1.29 is 0 Å². The first-order valence-corrected chi connectivity index (χ1v) is 7.06. The molecule has 0 amide bonds. The molecule has 3 rings (SSSR count). The van der Waals surface area contributed by atoms with Gasteiger partial charge in [-0.3, -0.25) is 5.32 Å². The van der Waals surface area contributed by atoms with Crippen molar-refractivity contribution in [3.63, 3.8) is 0 Å². The van der Waals surface area contributed by atoms with E-state index in [4.69, 9.17) is 0 Å². The molecule has 19 heavy (non-hydrogen) atoms. The number of rotatable bonds is 3. The van der Waals surface area contributed by atoms with Crippen LogP contribution in [0.2, 0.25) is 0 Å². The highest BCUT2D eigenvalue weighted by Crippen LogP contribution is 2.25. The Morgan fingerprint density at radius 2 is 2.00 bits per heavy atom. The molecule has 2 heterocycles. The fraction of sp³-hybridized carbons (Fsp3) is 0.200. The van der Waals surface area contributed by atoms with Gasteiger partial charge in [0.1, 0.15) is 6.17 Å². The summed E-state index contributed by atoms with van der Waals surface area (Å²) in [4.78, 5) is 1.43. The Morgan fingerprint density at radius 3 is 2.74 bits per heavy atom. The maximum absolute atomic E-state index is 3.46. The minimum Gasteiger partial charge on any atom is -0.372 e. The molecule has 2 N–H and O–H groups in total. The van der Waals surface area contributed by atoms with Crippen LogP contribution in [-0.2, 0) is 6.42 Å². The van der Waals surface area contributed by atoms with E-state index in [1.165, 1.54) is 16.0 Å². The van der Waals surface area contributed by atoms with Crippen LogP contribution in [0.15, 0.2) is 54.1 Å². The zero-order valence-corrected chi connectivity index (χ0v) is 12.1. The molecule has 0 radical (unpaired) electrons. The van der Waals surface area contributed by atoms with Crippen LogP contribution in [0.3, 0.4) is 0 Å². The highest BCUT2D eigenvalue weighted by molar-refractivity contribution is 7.10. The molecule has 0 fully saturated rings. The fourth-order valence-corrected chi connectivity index (χ4v) is 3.15. The molecule has 1 aliphatic rings. The Morgan fingerprint density at radius 1 is 1.16 bits per heavy atom. The third-order valence-corrected chi connectivity index (χ3v) is 4.06. The van der Waals surface area contributed by atoms with Crippen molar-refractivity contribution in [3.8, 4) is 0 Å². The van der Waals surface area contributed by atoms with Crippen molar-refractivity contribution in [2.24, 2.45) is 0 Å². The topological polar surface area (TPSA) is 24.1 Å². The number of hydrogen-bond acceptors (Lipinski definition) is 3. The van der Waals surface area contributed by atoms with E-state index < -0.39 is 0 Å². The first kappa shape index (κ1) is 14.1. The van der Waals surface area contributed by atoms with Gasteiger partial charge in [0.2, 0.25) is 0 Å². The fourth-order valence-electron chi connectivity index (χ4n) is 2.20. The Balaban J connectivity index is 0.00000133. The summed E-state index contributed by atoms with van der Waals surface area (Å²) in [5.74, 6) is 0. The number of benzene rings is 1. The summed E-state index contributed by atoms with van der Waals surface area (Å²) >= 11 is 1.83. The zero-order chi connectivity index (χ0) is 12.2. The number of nitrogens with one attached hydrogen (secondary N) is 2. The molecule has 1 unspecified atom stereocenters. The van der Waals surface area contributed by atoms with E-state index in [0.29, 0.717) is 0 Å². The molecule has 0 bridgehead atoms. The van der Waals surface area contributed by atoms with Crippen LogP contribution in [-0.4, -0.2) is 6.54 Å². The van der Waals surface area contributed by atoms with Crippen LogP contribution in [0.25, 0.3) is 0 Å². The Kier molecular flexibility index (Phi) is 5.02. The van der Waals surface area contributed by atoms with Gasteiger partial charge in [-0.05, 0) is 23.2 Å². The highest BCUT2D eigenvalue weighted by atomic mass is 35.5. The summed E-state index contributed by atoms with van der Waals surface area (Å²) in [5.41, 5.74) is 2.74. The predicted octanol–water partition coefficient (Wildman–Crippen LogP) is 3.47. The molecule has 100 valence electrons. The van der Waals surface area contributed by atoms with Crippen molar-refractivity contribution in [2.75, 3.05) is 6.54 Å². The summed E-state index contributed by atoms with van der Waals surface area (Å²) < 4.78 is 0. The smallest absolute Gasteiger partial charge is 0.104 e. The summed E-state index contributed by atoms with van der Waals surface area (Å²) in [6.45, 7) is 0.929. The summed E-state index contributed by atoms with van der Waals surface area (Å²) in [7, 11) is 0. The van der Waals surface area contributed by atoms with E-state index in [2.05, 4.69) is 58.5 Å². The third-order valence-electron chi connectivity index (χ3n) is 3.12. The van der Waals surface area contributed by atoms with E-state index >= 15 is 0 Å². The average Bonchev–Trinajstić information content (AvgIpc) is 2.89. The van der Waals surface area contributed by atoms with Gasteiger partial charge in [0.25, 0.3) is 0 Å². The van der Waals surface area contributed by atoms with E-state index in [1.807, 2.05) is 17.5 Å². The van der Waals surface area contributed by atoms with Gasteiger partial charge in [-0.25, -0.2) is 0 Å². The molecular formula is C15H17ClN2S. The van der Waals surface area contributed by atoms with Crippen molar-refractivity contribution in [1.29, 1.82) is 0 Å². The van der Waals surface area contributed by atoms with Gasteiger partial charge in [0.15, 0.2) is 0 Å². The second kappa shape index (κ2) is 6.75. The Hall–Kier alpha value is -1.29. The van der Waals surface area contributed by atoms with Crippen LogP contribution in [0.4, 0.5) is 0 Å². The normalized spacial score (nSPS) is 17.6. The third kappa shape index (κ3) is 3.38. The maximum Gasteiger partial charge on any atom is 0.104 e. The van der Waals surface area contributed by atoms with Crippen LogP contribution >= 0.6 is 23.7 Å². The molecular weight excluding hydrogens is 276 g/mol. The molecule has 4 heteroatoms. The minimum absolute atomic E-state index is 0. The van der Waals surface area contributed by atoms with Crippen molar-refractivity contribution >= 4 is 23.7 Å². The molecule has 1 aromatic heterocycles. The lowest BCUT2D eigenvalue weighted by Gasteiger charge is -2.22. The van der Waals surface area contributed by atoms with E-state index in [9.17, 15) is 0 Å². The predicted molar refractivity (Wildman–Crippen MR) is 83.8 cm³/mol. The van der Waals surface area contributed by atoms with Gasteiger partial charge in [0, 0.05) is 23.4 Å². The average molecular weight is 293 g/mol. The zero-order valence-electron chi connectivity index (χ0n) is 10.5. The van der Waals surface area contributed by atoms with Crippen molar-refractivity contribution in [3.05, 3.63) is 70.1 Å². The SMILES string of the molecule is C1=CNC(c2ccsc2Cc2ccccc2)NC1.Cl. The lowest BCUT2D eigenvalue weighted by molar-refractivity contribution is 0.497. The van der Waals surface area contributed by atoms with Gasteiger partial charge in [0.05, 0.1) is 0 Å². The second-order valence-electron chi connectivity index (χ2n) is 4.37. The Labute approximate surface area is 124 Å². The van der Waals surface area contributed by atoms with Crippen LogP contribution in [0, 0.1) is 0 Å². The van der Waals surface area contributed by atoms with Gasteiger partial charge in [-0.15, -0.1) is 23.7 Å². The number of thiophene rings is 1. The molecule has 2 nitrogen and oxygen atoms in total. The molecule has 1 aliphatic heterocycles. The van der Waals surface area contributed by atoms with Gasteiger partial charge in [-0.1, -0.05) is 36.4 Å². The van der Waals surface area contributed by atoms with E-state index in [0.717, 1.165) is 13.0 Å². The van der Waals surface area contributed by atoms with Crippen molar-refractivity contribution in [1.82, 2.24) is 10.6 Å². The second-order valence-corrected chi connectivity index (χ2v) is 5.37. The molecule has 2 aromatic rings. The maximum atomic E-state index is 3.46. The summed E-state index contributed by atoms with van der Waals surface area (Å²) in [6.07, 6.45) is 5.39. The minimum atomic E-state index is 0. The molecule has 1 aromatic carbocycles. The molecule has 1 atom stereocenters. The lowest BCUT2D eigenvalue weighted by atomic mass is 10.1. The van der Waals surface area contributed by atoms with Gasteiger partial charge < -0.3 is 5.32 Å². The monoisotopic (exact) mass is 292 g/mol. The molecule has 0 spiro atoms. The summed E-state index contributed by atoms with van der Waals surface area (Å²) in [6, 6.07) is 12.8. The molecule has 0 saturated heterocycles. The lowest BCUT2D eigenvalue weighted by Crippen LogP contribution is -2.34. The first-order valence-electron chi connectivity index (χ1n) is 6.18. The summed E-state index contributed by atoms with van der Waals surface area (Å²) in [5, 5.41) is 8.99. The largest absolute Gasteiger partial charge is 0.372 e. The Bertz CT molecular complexity index is 536. The van der Waals surface area contributed by atoms with Crippen LogP contribution in [0.1, 0.15) is 22.2 Å². The first-order chi connectivity index (χ1) is 8.93.